The Morgan fingerprint density at radius 2 is 1.51 bits per heavy atom. The van der Waals surface area contributed by atoms with Crippen LogP contribution in [-0.2, 0) is 11.2 Å². The van der Waals surface area contributed by atoms with Gasteiger partial charge in [0.05, 0.1) is 23.1 Å². The van der Waals surface area contributed by atoms with Crippen LogP contribution in [-0.4, -0.2) is 45.5 Å². The molecule has 4 rings (SSSR count). The average molecular weight is 476 g/mol. The molecule has 1 aliphatic heterocycles. The lowest BCUT2D eigenvalue weighted by Crippen LogP contribution is -2.36. The van der Waals surface area contributed by atoms with E-state index in [9.17, 15) is 29.0 Å². The van der Waals surface area contributed by atoms with Crippen molar-refractivity contribution < 1.29 is 29.0 Å². The second-order valence-electron chi connectivity index (χ2n) is 8.81. The predicted molar refractivity (Wildman–Crippen MR) is 128 cm³/mol. The van der Waals surface area contributed by atoms with Crippen LogP contribution in [0.15, 0.2) is 66.7 Å². The molecule has 2 amide bonds. The number of aliphatic carboxylic acids is 1. The second-order valence-corrected chi connectivity index (χ2v) is 8.81. The number of carbonyl (C=O) groups excluding carboxylic acids is 2. The number of benzene rings is 3. The summed E-state index contributed by atoms with van der Waals surface area (Å²) in [4.78, 5) is 37.9. The highest BCUT2D eigenvalue weighted by Crippen LogP contribution is 2.26. The zero-order chi connectivity index (χ0) is 25.1. The quantitative estimate of drug-likeness (QED) is 0.445. The standard InChI is InChI=1S/C28H26FNO5/c1-17-6-10-20(16-24(17)29)19-11-7-18(8-12-19)9-13-25(31)23(28(34)35)14-15-30-26(32)21-4-2-3-5-22(21)27(30)33/h2-8,10-12,16,23,25,31H,9,13-15H2,1H3,(H,34,35)/t23-,25+/m1/s1. The van der Waals surface area contributed by atoms with Gasteiger partial charge in [-0.1, -0.05) is 48.5 Å². The molecule has 1 aliphatic rings. The number of nitrogens with zero attached hydrogens (tertiary/aromatic N) is 1. The van der Waals surface area contributed by atoms with E-state index in [4.69, 9.17) is 0 Å². The Hall–Kier alpha value is -3.84. The van der Waals surface area contributed by atoms with Gasteiger partial charge >= 0.3 is 5.97 Å². The van der Waals surface area contributed by atoms with Crippen LogP contribution in [0.1, 0.15) is 44.7 Å². The van der Waals surface area contributed by atoms with Gasteiger partial charge in [0.2, 0.25) is 0 Å². The molecule has 35 heavy (non-hydrogen) atoms. The number of imide groups is 1. The van der Waals surface area contributed by atoms with Crippen LogP contribution in [0.3, 0.4) is 0 Å². The third-order valence-corrected chi connectivity index (χ3v) is 6.51. The smallest absolute Gasteiger partial charge is 0.309 e. The van der Waals surface area contributed by atoms with Crippen LogP contribution in [0, 0.1) is 18.7 Å². The molecule has 3 aromatic carbocycles. The van der Waals surface area contributed by atoms with E-state index in [-0.39, 0.29) is 25.2 Å². The van der Waals surface area contributed by atoms with Crippen LogP contribution >= 0.6 is 0 Å². The molecule has 2 atom stereocenters. The lowest BCUT2D eigenvalue weighted by molar-refractivity contribution is -0.146. The van der Waals surface area contributed by atoms with Gasteiger partial charge in [0.15, 0.2) is 0 Å². The molecule has 0 saturated carbocycles. The molecule has 0 radical (unpaired) electrons. The number of hydrogen-bond donors (Lipinski definition) is 2. The summed E-state index contributed by atoms with van der Waals surface area (Å²) in [6.45, 7) is 1.62. The van der Waals surface area contributed by atoms with Crippen molar-refractivity contribution in [2.45, 2.75) is 32.3 Å². The SMILES string of the molecule is Cc1ccc(-c2ccc(CC[C@H](O)[C@@H](CCN3C(=O)c4ccccc4C3=O)C(=O)O)cc2)cc1F. The van der Waals surface area contributed by atoms with Crippen LogP contribution < -0.4 is 0 Å². The van der Waals surface area contributed by atoms with Gasteiger partial charge in [0.1, 0.15) is 5.82 Å². The molecule has 2 N–H and O–H groups in total. The first kappa shape index (κ1) is 24.3. The van der Waals surface area contributed by atoms with Crippen LogP contribution in [0.4, 0.5) is 4.39 Å². The Labute approximate surface area is 202 Å². The van der Waals surface area contributed by atoms with Gasteiger partial charge in [-0.3, -0.25) is 19.3 Å². The van der Waals surface area contributed by atoms with Crippen LogP contribution in [0.2, 0.25) is 0 Å². The van der Waals surface area contributed by atoms with Crippen molar-refractivity contribution in [2.75, 3.05) is 6.54 Å². The summed E-state index contributed by atoms with van der Waals surface area (Å²) in [5, 5.41) is 20.2. The number of carboxylic acids is 1. The lowest BCUT2D eigenvalue weighted by Gasteiger charge is -2.22. The molecule has 0 unspecified atom stereocenters. The molecule has 3 aromatic rings. The van der Waals surface area contributed by atoms with Crippen molar-refractivity contribution in [1.29, 1.82) is 0 Å². The van der Waals surface area contributed by atoms with Crippen molar-refractivity contribution in [3.63, 3.8) is 0 Å². The number of amides is 2. The Bertz CT molecular complexity index is 1240. The fourth-order valence-corrected chi connectivity index (χ4v) is 4.34. The maximum absolute atomic E-state index is 13.9. The summed E-state index contributed by atoms with van der Waals surface area (Å²) in [6, 6.07) is 19.0. The average Bonchev–Trinajstić information content (AvgIpc) is 3.09. The monoisotopic (exact) mass is 475 g/mol. The minimum Gasteiger partial charge on any atom is -0.481 e. The van der Waals surface area contributed by atoms with E-state index in [1.54, 1.807) is 37.3 Å². The molecule has 0 aromatic heterocycles. The molecule has 7 heteroatoms. The molecule has 0 aliphatic carbocycles. The highest BCUT2D eigenvalue weighted by molar-refractivity contribution is 6.21. The Kier molecular flexibility index (Phi) is 7.07. The van der Waals surface area contributed by atoms with E-state index in [0.29, 0.717) is 23.1 Å². The number of aliphatic hydroxyl groups excluding tert-OH is 1. The first-order valence-corrected chi connectivity index (χ1v) is 11.5. The summed E-state index contributed by atoms with van der Waals surface area (Å²) >= 11 is 0. The van der Waals surface area contributed by atoms with Gasteiger partial charge in [0.25, 0.3) is 11.8 Å². The number of aryl methyl sites for hydroxylation is 2. The summed E-state index contributed by atoms with van der Waals surface area (Å²) < 4.78 is 13.9. The van der Waals surface area contributed by atoms with E-state index < -0.39 is 29.8 Å². The molecule has 0 fully saturated rings. The molecule has 0 spiro atoms. The zero-order valence-corrected chi connectivity index (χ0v) is 19.3. The Balaban J connectivity index is 1.35. The highest BCUT2D eigenvalue weighted by atomic mass is 19.1. The first-order valence-electron chi connectivity index (χ1n) is 11.5. The minimum atomic E-state index is -1.18. The number of rotatable bonds is 9. The third kappa shape index (κ3) is 5.15. The molecular weight excluding hydrogens is 449 g/mol. The van der Waals surface area contributed by atoms with Crippen molar-refractivity contribution in [1.82, 2.24) is 4.90 Å². The molecular formula is C28H26FNO5. The predicted octanol–water partition coefficient (Wildman–Crippen LogP) is 4.48. The number of fused-ring (bicyclic) bond motifs is 1. The number of carboxylic acid groups (broad SMARTS) is 1. The zero-order valence-electron chi connectivity index (χ0n) is 19.3. The Morgan fingerprint density at radius 3 is 2.09 bits per heavy atom. The topological polar surface area (TPSA) is 94.9 Å². The lowest BCUT2D eigenvalue weighted by atomic mass is 9.93. The van der Waals surface area contributed by atoms with E-state index in [2.05, 4.69) is 0 Å². The van der Waals surface area contributed by atoms with Gasteiger partial charge in [-0.2, -0.15) is 0 Å². The van der Waals surface area contributed by atoms with Crippen molar-refractivity contribution in [3.05, 3.63) is 94.8 Å². The fraction of sp³-hybridized carbons (Fsp3) is 0.250. The first-order chi connectivity index (χ1) is 16.8. The summed E-state index contributed by atoms with van der Waals surface area (Å²) in [5.74, 6) is -3.45. The summed E-state index contributed by atoms with van der Waals surface area (Å²) in [5.41, 5.74) is 3.72. The number of aliphatic hydroxyl groups is 1. The third-order valence-electron chi connectivity index (χ3n) is 6.51. The van der Waals surface area contributed by atoms with Gasteiger partial charge < -0.3 is 10.2 Å². The highest BCUT2D eigenvalue weighted by Gasteiger charge is 2.36. The van der Waals surface area contributed by atoms with Crippen LogP contribution in [0.25, 0.3) is 11.1 Å². The summed E-state index contributed by atoms with van der Waals surface area (Å²) in [6.07, 6.45) is -0.536. The van der Waals surface area contributed by atoms with Crippen LogP contribution in [0.5, 0.6) is 0 Å². The molecule has 0 bridgehead atoms. The minimum absolute atomic E-state index is 0.0418. The van der Waals surface area contributed by atoms with E-state index >= 15 is 0 Å². The van der Waals surface area contributed by atoms with E-state index in [0.717, 1.165) is 21.6 Å². The number of carbonyl (C=O) groups is 3. The van der Waals surface area contributed by atoms with Gasteiger partial charge in [-0.25, -0.2) is 4.39 Å². The fourth-order valence-electron chi connectivity index (χ4n) is 4.34. The normalized spacial score (nSPS) is 14.7. The largest absolute Gasteiger partial charge is 0.481 e. The van der Waals surface area contributed by atoms with E-state index in [1.165, 1.54) is 6.07 Å². The van der Waals surface area contributed by atoms with Crippen molar-refractivity contribution in [2.24, 2.45) is 5.92 Å². The van der Waals surface area contributed by atoms with Crippen molar-refractivity contribution >= 4 is 17.8 Å². The number of halogens is 1. The van der Waals surface area contributed by atoms with Gasteiger partial charge in [-0.05, 0) is 66.6 Å². The van der Waals surface area contributed by atoms with E-state index in [1.807, 2.05) is 30.3 Å². The van der Waals surface area contributed by atoms with Gasteiger partial charge in [0, 0.05) is 6.54 Å². The number of hydrogen-bond acceptors (Lipinski definition) is 4. The maximum Gasteiger partial charge on any atom is 0.309 e. The van der Waals surface area contributed by atoms with Crippen molar-refractivity contribution in [3.8, 4) is 11.1 Å². The molecule has 0 saturated heterocycles. The second kappa shape index (κ2) is 10.2. The Morgan fingerprint density at radius 1 is 0.914 bits per heavy atom. The molecule has 6 nitrogen and oxygen atoms in total. The molecule has 180 valence electrons. The molecule has 1 heterocycles. The van der Waals surface area contributed by atoms with Gasteiger partial charge in [-0.15, -0.1) is 0 Å². The maximum atomic E-state index is 13.9. The summed E-state index contributed by atoms with van der Waals surface area (Å²) in [7, 11) is 0.